The molecule has 2 amide bonds. The van der Waals surface area contributed by atoms with Crippen LogP contribution in [0.15, 0.2) is 54.6 Å². The molecule has 3 rings (SSSR count). The van der Waals surface area contributed by atoms with Crippen molar-refractivity contribution in [3.8, 4) is 0 Å². The number of nitrogens with two attached hydrogens (primary N) is 1. The maximum absolute atomic E-state index is 12.7. The molecule has 1 fully saturated rings. The number of aryl methyl sites for hydroxylation is 1. The van der Waals surface area contributed by atoms with Gasteiger partial charge in [0, 0.05) is 24.7 Å². The van der Waals surface area contributed by atoms with Crippen molar-refractivity contribution in [3.63, 3.8) is 0 Å². The quantitative estimate of drug-likeness (QED) is 0.845. The SMILES string of the molecule is Cc1ccc(C(N)C(=O)N2CCC(C(=O)Nc3ccccc3)CC2)cc1.Cl. The maximum Gasteiger partial charge on any atom is 0.244 e. The molecule has 0 aliphatic carbocycles. The molecule has 1 unspecified atom stereocenters. The van der Waals surface area contributed by atoms with Gasteiger partial charge in [-0.3, -0.25) is 9.59 Å². The number of para-hydroxylation sites is 1. The molecule has 0 spiro atoms. The molecule has 0 radical (unpaired) electrons. The minimum absolute atomic E-state index is 0. The number of hydrogen-bond donors (Lipinski definition) is 2. The highest BCUT2D eigenvalue weighted by Crippen LogP contribution is 2.22. The summed E-state index contributed by atoms with van der Waals surface area (Å²) in [6.45, 7) is 3.12. The fourth-order valence-electron chi connectivity index (χ4n) is 3.24. The van der Waals surface area contributed by atoms with E-state index in [2.05, 4.69) is 5.32 Å². The lowest BCUT2D eigenvalue weighted by atomic mass is 9.94. The number of nitrogens with zero attached hydrogens (tertiary/aromatic N) is 1. The summed E-state index contributed by atoms with van der Waals surface area (Å²) in [5.41, 5.74) is 8.91. The topological polar surface area (TPSA) is 75.4 Å². The summed E-state index contributed by atoms with van der Waals surface area (Å²) in [7, 11) is 0. The molecule has 5 nitrogen and oxygen atoms in total. The molecule has 0 bridgehead atoms. The van der Waals surface area contributed by atoms with Crippen LogP contribution in [0.4, 0.5) is 5.69 Å². The van der Waals surface area contributed by atoms with Crippen LogP contribution in [0.5, 0.6) is 0 Å². The van der Waals surface area contributed by atoms with Crippen LogP contribution >= 0.6 is 12.4 Å². The standard InChI is InChI=1S/C21H25N3O2.ClH/c1-15-7-9-16(10-8-15)19(22)21(26)24-13-11-17(12-14-24)20(25)23-18-5-3-2-4-6-18;/h2-10,17,19H,11-14,22H2,1H3,(H,23,25);1H. The van der Waals surface area contributed by atoms with Crippen LogP contribution in [0, 0.1) is 12.8 Å². The van der Waals surface area contributed by atoms with Crippen molar-refractivity contribution in [2.75, 3.05) is 18.4 Å². The molecule has 1 atom stereocenters. The van der Waals surface area contributed by atoms with Crippen LogP contribution in [-0.4, -0.2) is 29.8 Å². The number of benzene rings is 2. The third-order valence-electron chi connectivity index (χ3n) is 4.92. The van der Waals surface area contributed by atoms with Gasteiger partial charge in [0.1, 0.15) is 6.04 Å². The van der Waals surface area contributed by atoms with E-state index < -0.39 is 6.04 Å². The van der Waals surface area contributed by atoms with Crippen LogP contribution < -0.4 is 11.1 Å². The Balaban J connectivity index is 0.00000261. The van der Waals surface area contributed by atoms with Crippen LogP contribution in [-0.2, 0) is 9.59 Å². The van der Waals surface area contributed by atoms with E-state index >= 15 is 0 Å². The van der Waals surface area contributed by atoms with Gasteiger partial charge in [0.2, 0.25) is 11.8 Å². The van der Waals surface area contributed by atoms with E-state index in [0.29, 0.717) is 25.9 Å². The summed E-state index contributed by atoms with van der Waals surface area (Å²) in [4.78, 5) is 26.8. The van der Waals surface area contributed by atoms with Gasteiger partial charge in [-0.15, -0.1) is 12.4 Å². The van der Waals surface area contributed by atoms with Gasteiger partial charge in [0.25, 0.3) is 0 Å². The molecule has 1 aliphatic rings. The maximum atomic E-state index is 12.7. The number of piperidine rings is 1. The summed E-state index contributed by atoms with van der Waals surface area (Å²) in [6, 6.07) is 16.5. The van der Waals surface area contributed by atoms with E-state index in [1.165, 1.54) is 0 Å². The number of hydrogen-bond acceptors (Lipinski definition) is 3. The number of nitrogens with one attached hydrogen (secondary N) is 1. The van der Waals surface area contributed by atoms with E-state index in [4.69, 9.17) is 5.73 Å². The number of carbonyl (C=O) groups is 2. The first-order valence-electron chi connectivity index (χ1n) is 9.01. The predicted octanol–water partition coefficient (Wildman–Crippen LogP) is 3.29. The third-order valence-corrected chi connectivity index (χ3v) is 4.92. The van der Waals surface area contributed by atoms with Gasteiger partial charge in [-0.05, 0) is 37.5 Å². The minimum atomic E-state index is -0.648. The fraction of sp³-hybridized carbons (Fsp3) is 0.333. The average Bonchev–Trinajstić information content (AvgIpc) is 2.68. The molecule has 1 heterocycles. The molecule has 27 heavy (non-hydrogen) atoms. The molecular formula is C21H26ClN3O2. The van der Waals surface area contributed by atoms with Crippen molar-refractivity contribution in [2.45, 2.75) is 25.8 Å². The van der Waals surface area contributed by atoms with Gasteiger partial charge in [-0.2, -0.15) is 0 Å². The van der Waals surface area contributed by atoms with Crippen molar-refractivity contribution < 1.29 is 9.59 Å². The van der Waals surface area contributed by atoms with E-state index in [0.717, 1.165) is 16.8 Å². The van der Waals surface area contributed by atoms with Gasteiger partial charge in [0.05, 0.1) is 0 Å². The lowest BCUT2D eigenvalue weighted by Gasteiger charge is -2.33. The largest absolute Gasteiger partial charge is 0.341 e. The summed E-state index contributed by atoms with van der Waals surface area (Å²) in [5, 5.41) is 2.94. The van der Waals surface area contributed by atoms with Gasteiger partial charge in [0.15, 0.2) is 0 Å². The Morgan fingerprint density at radius 1 is 1.04 bits per heavy atom. The molecule has 2 aromatic rings. The van der Waals surface area contributed by atoms with Crippen molar-refractivity contribution in [1.29, 1.82) is 0 Å². The van der Waals surface area contributed by atoms with Crippen molar-refractivity contribution >= 4 is 29.9 Å². The summed E-state index contributed by atoms with van der Waals surface area (Å²) in [6.07, 6.45) is 1.32. The highest BCUT2D eigenvalue weighted by atomic mass is 35.5. The van der Waals surface area contributed by atoms with Gasteiger partial charge >= 0.3 is 0 Å². The second-order valence-corrected chi connectivity index (χ2v) is 6.84. The highest BCUT2D eigenvalue weighted by molar-refractivity contribution is 5.92. The predicted molar refractivity (Wildman–Crippen MR) is 110 cm³/mol. The van der Waals surface area contributed by atoms with E-state index in [1.54, 1.807) is 4.90 Å². The van der Waals surface area contributed by atoms with Gasteiger partial charge < -0.3 is 16.0 Å². The molecule has 3 N–H and O–H groups in total. The second-order valence-electron chi connectivity index (χ2n) is 6.84. The number of rotatable bonds is 4. The van der Waals surface area contributed by atoms with Crippen molar-refractivity contribution in [3.05, 3.63) is 65.7 Å². The highest BCUT2D eigenvalue weighted by Gasteiger charge is 2.30. The summed E-state index contributed by atoms with van der Waals surface area (Å²) in [5.74, 6) is -0.128. The van der Waals surface area contributed by atoms with Crippen molar-refractivity contribution in [1.82, 2.24) is 4.90 Å². The lowest BCUT2D eigenvalue weighted by molar-refractivity contribution is -0.135. The Morgan fingerprint density at radius 3 is 2.22 bits per heavy atom. The molecule has 1 aliphatic heterocycles. The zero-order chi connectivity index (χ0) is 18.5. The number of likely N-dealkylation sites (tertiary alicyclic amines) is 1. The number of halogens is 1. The Kier molecular flexibility index (Phi) is 7.39. The zero-order valence-electron chi connectivity index (χ0n) is 15.4. The Morgan fingerprint density at radius 2 is 1.63 bits per heavy atom. The first-order valence-corrected chi connectivity index (χ1v) is 9.01. The Labute approximate surface area is 166 Å². The van der Waals surface area contributed by atoms with Crippen LogP contribution in [0.1, 0.15) is 30.0 Å². The molecule has 6 heteroatoms. The average molecular weight is 388 g/mol. The van der Waals surface area contributed by atoms with Crippen LogP contribution in [0.3, 0.4) is 0 Å². The van der Waals surface area contributed by atoms with Crippen LogP contribution in [0.25, 0.3) is 0 Å². The first kappa shape index (κ1) is 20.9. The molecule has 144 valence electrons. The molecule has 2 aromatic carbocycles. The molecule has 0 saturated carbocycles. The summed E-state index contributed by atoms with van der Waals surface area (Å²) < 4.78 is 0. The van der Waals surface area contributed by atoms with E-state index in [9.17, 15) is 9.59 Å². The lowest BCUT2D eigenvalue weighted by Crippen LogP contribution is -2.45. The second kappa shape index (κ2) is 9.53. The normalized spacial score (nSPS) is 15.6. The molecule has 0 aromatic heterocycles. The molecule has 1 saturated heterocycles. The monoisotopic (exact) mass is 387 g/mol. The van der Waals surface area contributed by atoms with Gasteiger partial charge in [-0.25, -0.2) is 0 Å². The zero-order valence-corrected chi connectivity index (χ0v) is 16.2. The van der Waals surface area contributed by atoms with Gasteiger partial charge in [-0.1, -0.05) is 48.0 Å². The minimum Gasteiger partial charge on any atom is -0.341 e. The number of anilines is 1. The fourth-order valence-corrected chi connectivity index (χ4v) is 3.24. The first-order chi connectivity index (χ1) is 12.5. The van der Waals surface area contributed by atoms with E-state index in [-0.39, 0.29) is 30.1 Å². The smallest absolute Gasteiger partial charge is 0.244 e. The van der Waals surface area contributed by atoms with E-state index in [1.807, 2.05) is 61.5 Å². The van der Waals surface area contributed by atoms with Crippen LogP contribution in [0.2, 0.25) is 0 Å². The van der Waals surface area contributed by atoms with Crippen molar-refractivity contribution in [2.24, 2.45) is 11.7 Å². The number of amides is 2. The Hall–Kier alpha value is -2.37. The Bertz CT molecular complexity index is 757. The number of carbonyl (C=O) groups excluding carboxylic acids is 2. The molecular weight excluding hydrogens is 362 g/mol. The summed E-state index contributed by atoms with van der Waals surface area (Å²) >= 11 is 0. The third kappa shape index (κ3) is 5.31.